The van der Waals surface area contributed by atoms with Crippen LogP contribution in [0.3, 0.4) is 0 Å². The van der Waals surface area contributed by atoms with E-state index in [0.717, 1.165) is 23.4 Å². The first-order chi connectivity index (χ1) is 8.77. The van der Waals surface area contributed by atoms with E-state index in [2.05, 4.69) is 15.5 Å². The van der Waals surface area contributed by atoms with Crippen LogP contribution in [0.5, 0.6) is 0 Å². The Kier molecular flexibility index (Phi) is 5.11. The lowest BCUT2D eigenvalue weighted by Gasteiger charge is -2.29. The van der Waals surface area contributed by atoms with Crippen LogP contribution < -0.4 is 5.32 Å². The summed E-state index contributed by atoms with van der Waals surface area (Å²) in [7, 11) is 0. The van der Waals surface area contributed by atoms with E-state index in [-0.39, 0.29) is 18.4 Å². The topological polar surface area (TPSA) is 78.0 Å². The molecule has 0 unspecified atom stereocenters. The van der Waals surface area contributed by atoms with Crippen molar-refractivity contribution in [1.29, 1.82) is 0 Å². The van der Waals surface area contributed by atoms with Gasteiger partial charge in [0.25, 0.3) is 0 Å². The predicted molar refractivity (Wildman–Crippen MR) is 74.9 cm³/mol. The number of rotatable bonds is 6. The summed E-state index contributed by atoms with van der Waals surface area (Å²) in [4.78, 5) is 11.9. The molecule has 1 heterocycles. The van der Waals surface area contributed by atoms with Gasteiger partial charge in [0.2, 0.25) is 5.91 Å². The van der Waals surface area contributed by atoms with Gasteiger partial charge in [0, 0.05) is 17.8 Å². The SMILES string of the molecule is CC[C@@H](C)[C@@](C)(O)CNC(=O)Cc1c(C)n[nH]c1C. The van der Waals surface area contributed by atoms with Gasteiger partial charge in [-0.25, -0.2) is 0 Å². The summed E-state index contributed by atoms with van der Waals surface area (Å²) in [6, 6.07) is 0. The van der Waals surface area contributed by atoms with Crippen molar-refractivity contribution in [3.05, 3.63) is 17.0 Å². The van der Waals surface area contributed by atoms with E-state index < -0.39 is 5.60 Å². The van der Waals surface area contributed by atoms with Crippen molar-refractivity contribution >= 4 is 5.91 Å². The number of carbonyl (C=O) groups is 1. The van der Waals surface area contributed by atoms with Crippen molar-refractivity contribution in [3.63, 3.8) is 0 Å². The van der Waals surface area contributed by atoms with E-state index in [1.165, 1.54) is 0 Å². The van der Waals surface area contributed by atoms with Gasteiger partial charge in [-0.05, 0) is 26.7 Å². The fourth-order valence-electron chi connectivity index (χ4n) is 1.95. The van der Waals surface area contributed by atoms with Gasteiger partial charge >= 0.3 is 0 Å². The summed E-state index contributed by atoms with van der Waals surface area (Å²) in [5.41, 5.74) is 1.83. The summed E-state index contributed by atoms with van der Waals surface area (Å²) in [5.74, 6) is 0.0568. The van der Waals surface area contributed by atoms with E-state index in [1.54, 1.807) is 6.92 Å². The van der Waals surface area contributed by atoms with Crippen molar-refractivity contribution in [2.24, 2.45) is 5.92 Å². The monoisotopic (exact) mass is 267 g/mol. The molecule has 0 aliphatic rings. The number of amides is 1. The molecule has 108 valence electrons. The van der Waals surface area contributed by atoms with Crippen molar-refractivity contribution in [2.45, 2.75) is 53.1 Å². The summed E-state index contributed by atoms with van der Waals surface area (Å²) in [6.07, 6.45) is 1.17. The molecule has 5 heteroatoms. The fourth-order valence-corrected chi connectivity index (χ4v) is 1.95. The number of hydrogen-bond donors (Lipinski definition) is 3. The van der Waals surface area contributed by atoms with Crippen molar-refractivity contribution < 1.29 is 9.90 Å². The van der Waals surface area contributed by atoms with E-state index in [1.807, 2.05) is 27.7 Å². The maximum atomic E-state index is 11.9. The maximum absolute atomic E-state index is 11.9. The molecule has 0 radical (unpaired) electrons. The Balaban J connectivity index is 2.53. The number of nitrogens with zero attached hydrogens (tertiary/aromatic N) is 1. The average Bonchev–Trinajstić information content (AvgIpc) is 2.67. The highest BCUT2D eigenvalue weighted by molar-refractivity contribution is 5.79. The zero-order valence-electron chi connectivity index (χ0n) is 12.5. The first-order valence-electron chi connectivity index (χ1n) is 6.77. The first-order valence-corrected chi connectivity index (χ1v) is 6.77. The Labute approximate surface area is 114 Å². The molecule has 0 fully saturated rings. The smallest absolute Gasteiger partial charge is 0.224 e. The molecule has 1 rings (SSSR count). The van der Waals surface area contributed by atoms with Gasteiger partial charge in [-0.15, -0.1) is 0 Å². The zero-order chi connectivity index (χ0) is 14.6. The zero-order valence-corrected chi connectivity index (χ0v) is 12.5. The van der Waals surface area contributed by atoms with Crippen molar-refractivity contribution in [2.75, 3.05) is 6.54 Å². The lowest BCUT2D eigenvalue weighted by Crippen LogP contribution is -2.45. The van der Waals surface area contributed by atoms with Gasteiger partial charge < -0.3 is 10.4 Å². The first kappa shape index (κ1) is 15.7. The number of hydrogen-bond acceptors (Lipinski definition) is 3. The van der Waals surface area contributed by atoms with Crippen LogP contribution in [0.25, 0.3) is 0 Å². The Morgan fingerprint density at radius 1 is 1.53 bits per heavy atom. The van der Waals surface area contributed by atoms with Gasteiger partial charge in [0.1, 0.15) is 0 Å². The highest BCUT2D eigenvalue weighted by Gasteiger charge is 2.27. The Morgan fingerprint density at radius 2 is 2.16 bits per heavy atom. The average molecular weight is 267 g/mol. The molecule has 2 atom stereocenters. The summed E-state index contributed by atoms with van der Waals surface area (Å²) in [6.45, 7) is 9.82. The predicted octanol–water partition coefficient (Wildman–Crippen LogP) is 1.48. The van der Waals surface area contributed by atoms with Crippen LogP contribution >= 0.6 is 0 Å². The minimum absolute atomic E-state index is 0.0869. The second-order valence-corrected chi connectivity index (χ2v) is 5.53. The van der Waals surface area contributed by atoms with E-state index in [0.29, 0.717) is 6.42 Å². The molecule has 5 nitrogen and oxygen atoms in total. The van der Waals surface area contributed by atoms with Crippen LogP contribution in [0.15, 0.2) is 0 Å². The molecular weight excluding hydrogens is 242 g/mol. The number of aliphatic hydroxyl groups is 1. The lowest BCUT2D eigenvalue weighted by atomic mass is 9.88. The molecule has 0 aliphatic carbocycles. The summed E-state index contributed by atoms with van der Waals surface area (Å²) < 4.78 is 0. The third kappa shape index (κ3) is 4.06. The van der Waals surface area contributed by atoms with Crippen molar-refractivity contribution in [3.8, 4) is 0 Å². The van der Waals surface area contributed by atoms with Crippen LogP contribution in [0.1, 0.15) is 44.1 Å². The molecule has 0 spiro atoms. The standard InChI is InChI=1S/C14H25N3O2/c1-6-9(2)14(5,19)8-15-13(18)7-12-10(3)16-17-11(12)4/h9,19H,6-8H2,1-5H3,(H,15,18)(H,16,17)/t9-,14+/m1/s1. The molecule has 0 aliphatic heterocycles. The molecule has 19 heavy (non-hydrogen) atoms. The number of H-pyrrole nitrogens is 1. The summed E-state index contributed by atoms with van der Waals surface area (Å²) in [5, 5.41) is 20.0. The normalized spacial score (nSPS) is 15.9. The van der Waals surface area contributed by atoms with E-state index in [9.17, 15) is 9.90 Å². The van der Waals surface area contributed by atoms with E-state index in [4.69, 9.17) is 0 Å². The minimum atomic E-state index is -0.870. The second kappa shape index (κ2) is 6.19. The van der Waals surface area contributed by atoms with Crippen LogP contribution in [-0.2, 0) is 11.2 Å². The Hall–Kier alpha value is -1.36. The lowest BCUT2D eigenvalue weighted by molar-refractivity contribution is -0.122. The van der Waals surface area contributed by atoms with Gasteiger partial charge in [-0.3, -0.25) is 9.89 Å². The molecule has 1 amide bonds. The molecule has 1 aromatic rings. The third-order valence-electron chi connectivity index (χ3n) is 3.94. The highest BCUT2D eigenvalue weighted by Crippen LogP contribution is 2.19. The number of aryl methyl sites for hydroxylation is 2. The second-order valence-electron chi connectivity index (χ2n) is 5.53. The van der Waals surface area contributed by atoms with Crippen LogP contribution in [-0.4, -0.2) is 33.4 Å². The largest absolute Gasteiger partial charge is 0.388 e. The van der Waals surface area contributed by atoms with Crippen LogP contribution in [0.2, 0.25) is 0 Å². The molecule has 1 aromatic heterocycles. The van der Waals surface area contributed by atoms with Gasteiger partial charge in [0.05, 0.1) is 17.7 Å². The maximum Gasteiger partial charge on any atom is 0.224 e. The minimum Gasteiger partial charge on any atom is -0.388 e. The molecule has 0 aromatic carbocycles. The number of nitrogens with one attached hydrogen (secondary N) is 2. The molecule has 3 N–H and O–H groups in total. The highest BCUT2D eigenvalue weighted by atomic mass is 16.3. The summed E-state index contributed by atoms with van der Waals surface area (Å²) >= 11 is 0. The van der Waals surface area contributed by atoms with Gasteiger partial charge in [-0.2, -0.15) is 5.10 Å². The molecular formula is C14H25N3O2. The quantitative estimate of drug-likeness (QED) is 0.730. The molecule has 0 saturated heterocycles. The third-order valence-corrected chi connectivity index (χ3v) is 3.94. The van der Waals surface area contributed by atoms with Crippen molar-refractivity contribution in [1.82, 2.24) is 15.5 Å². The van der Waals surface area contributed by atoms with Gasteiger partial charge in [0.15, 0.2) is 0 Å². The molecule has 0 bridgehead atoms. The van der Waals surface area contributed by atoms with Crippen LogP contribution in [0, 0.1) is 19.8 Å². The molecule has 0 saturated carbocycles. The van der Waals surface area contributed by atoms with Crippen LogP contribution in [0.4, 0.5) is 0 Å². The Morgan fingerprint density at radius 3 is 2.63 bits per heavy atom. The number of aromatic amines is 1. The Bertz CT molecular complexity index is 418. The van der Waals surface area contributed by atoms with Gasteiger partial charge in [-0.1, -0.05) is 20.3 Å². The fraction of sp³-hybridized carbons (Fsp3) is 0.714. The van der Waals surface area contributed by atoms with E-state index >= 15 is 0 Å². The number of aromatic nitrogens is 2. The number of carbonyl (C=O) groups excluding carboxylic acids is 1.